The SMILES string of the molecule is CC(C)(C)c1ccc(C2OC2c2ccc(C(=O)O)cc2)cc1. The molecule has 1 aliphatic heterocycles. The van der Waals surface area contributed by atoms with E-state index in [-0.39, 0.29) is 17.6 Å². The molecule has 22 heavy (non-hydrogen) atoms. The van der Waals surface area contributed by atoms with Gasteiger partial charge in [0, 0.05) is 0 Å². The molecule has 0 radical (unpaired) electrons. The van der Waals surface area contributed by atoms with E-state index < -0.39 is 5.97 Å². The number of hydrogen-bond donors (Lipinski definition) is 1. The predicted octanol–water partition coefficient (Wildman–Crippen LogP) is 4.49. The minimum Gasteiger partial charge on any atom is -0.478 e. The van der Waals surface area contributed by atoms with Gasteiger partial charge < -0.3 is 9.84 Å². The monoisotopic (exact) mass is 296 g/mol. The molecule has 0 amide bonds. The number of carbonyl (C=O) groups is 1. The molecule has 3 heteroatoms. The summed E-state index contributed by atoms with van der Waals surface area (Å²) in [5.41, 5.74) is 3.94. The van der Waals surface area contributed by atoms with Crippen LogP contribution >= 0.6 is 0 Å². The summed E-state index contributed by atoms with van der Waals surface area (Å²) >= 11 is 0. The van der Waals surface area contributed by atoms with Gasteiger partial charge in [-0.2, -0.15) is 0 Å². The van der Waals surface area contributed by atoms with Gasteiger partial charge in [-0.05, 0) is 34.2 Å². The molecule has 1 aliphatic rings. The fraction of sp³-hybridized carbons (Fsp3) is 0.316. The van der Waals surface area contributed by atoms with Crippen LogP contribution < -0.4 is 0 Å². The average Bonchev–Trinajstić information content (AvgIpc) is 3.27. The summed E-state index contributed by atoms with van der Waals surface area (Å²) in [7, 11) is 0. The third-order valence-electron chi connectivity index (χ3n) is 4.08. The Kier molecular flexibility index (Phi) is 3.53. The molecule has 2 aromatic rings. The van der Waals surface area contributed by atoms with Gasteiger partial charge in [0.25, 0.3) is 0 Å². The quantitative estimate of drug-likeness (QED) is 0.849. The normalized spacial score (nSPS) is 20.7. The van der Waals surface area contributed by atoms with Gasteiger partial charge in [0.05, 0.1) is 5.56 Å². The topological polar surface area (TPSA) is 49.8 Å². The minimum atomic E-state index is -0.905. The lowest BCUT2D eigenvalue weighted by atomic mass is 9.86. The molecule has 1 saturated heterocycles. The predicted molar refractivity (Wildman–Crippen MR) is 85.1 cm³/mol. The van der Waals surface area contributed by atoms with Crippen molar-refractivity contribution in [2.24, 2.45) is 0 Å². The van der Waals surface area contributed by atoms with E-state index in [1.54, 1.807) is 12.1 Å². The molecule has 2 aromatic carbocycles. The largest absolute Gasteiger partial charge is 0.478 e. The van der Waals surface area contributed by atoms with Crippen molar-refractivity contribution in [2.75, 3.05) is 0 Å². The van der Waals surface area contributed by atoms with Crippen LogP contribution in [0.5, 0.6) is 0 Å². The maximum atomic E-state index is 10.9. The molecule has 2 unspecified atom stereocenters. The van der Waals surface area contributed by atoms with Crippen LogP contribution in [0.15, 0.2) is 48.5 Å². The number of rotatable bonds is 3. The lowest BCUT2D eigenvalue weighted by Crippen LogP contribution is -2.10. The van der Waals surface area contributed by atoms with E-state index in [0.717, 1.165) is 5.56 Å². The lowest BCUT2D eigenvalue weighted by molar-refractivity contribution is 0.0697. The molecule has 1 fully saturated rings. The van der Waals surface area contributed by atoms with Gasteiger partial charge in [-0.3, -0.25) is 0 Å². The van der Waals surface area contributed by atoms with Gasteiger partial charge in [0.15, 0.2) is 0 Å². The van der Waals surface area contributed by atoms with Gasteiger partial charge >= 0.3 is 5.97 Å². The van der Waals surface area contributed by atoms with Crippen molar-refractivity contribution < 1.29 is 14.6 Å². The Hall–Kier alpha value is -2.13. The Balaban J connectivity index is 1.72. The van der Waals surface area contributed by atoms with E-state index in [1.165, 1.54) is 11.1 Å². The lowest BCUT2D eigenvalue weighted by Gasteiger charge is -2.18. The number of benzene rings is 2. The Morgan fingerprint density at radius 2 is 1.36 bits per heavy atom. The highest BCUT2D eigenvalue weighted by molar-refractivity contribution is 5.87. The van der Waals surface area contributed by atoms with Crippen molar-refractivity contribution >= 4 is 5.97 Å². The number of ether oxygens (including phenoxy) is 1. The van der Waals surface area contributed by atoms with Crippen LogP contribution in [-0.4, -0.2) is 11.1 Å². The van der Waals surface area contributed by atoms with Crippen molar-refractivity contribution in [3.63, 3.8) is 0 Å². The summed E-state index contributed by atoms with van der Waals surface area (Å²) in [5, 5.41) is 8.92. The highest BCUT2D eigenvalue weighted by Gasteiger charge is 2.41. The summed E-state index contributed by atoms with van der Waals surface area (Å²) in [4.78, 5) is 10.9. The van der Waals surface area contributed by atoms with Crippen LogP contribution in [0, 0.1) is 0 Å². The third-order valence-corrected chi connectivity index (χ3v) is 4.08. The van der Waals surface area contributed by atoms with Gasteiger partial charge in [0.1, 0.15) is 12.2 Å². The Morgan fingerprint density at radius 1 is 0.909 bits per heavy atom. The Morgan fingerprint density at radius 3 is 1.77 bits per heavy atom. The summed E-state index contributed by atoms with van der Waals surface area (Å²) in [6, 6.07) is 15.5. The summed E-state index contributed by atoms with van der Waals surface area (Å²) in [6.45, 7) is 6.59. The molecule has 2 atom stereocenters. The first-order valence-electron chi connectivity index (χ1n) is 7.45. The molecule has 114 valence electrons. The zero-order valence-corrected chi connectivity index (χ0v) is 13.0. The van der Waals surface area contributed by atoms with Gasteiger partial charge in [-0.25, -0.2) is 4.79 Å². The molecular formula is C19H20O3. The van der Waals surface area contributed by atoms with Crippen molar-refractivity contribution in [2.45, 2.75) is 38.4 Å². The van der Waals surface area contributed by atoms with E-state index >= 15 is 0 Å². The van der Waals surface area contributed by atoms with E-state index in [0.29, 0.717) is 5.56 Å². The Labute approximate surface area is 130 Å². The number of hydrogen-bond acceptors (Lipinski definition) is 2. The molecule has 0 aliphatic carbocycles. The molecule has 3 nitrogen and oxygen atoms in total. The van der Waals surface area contributed by atoms with Crippen LogP contribution in [0.4, 0.5) is 0 Å². The zero-order chi connectivity index (χ0) is 15.9. The van der Waals surface area contributed by atoms with Crippen molar-refractivity contribution in [1.29, 1.82) is 0 Å². The first-order valence-corrected chi connectivity index (χ1v) is 7.45. The second-order valence-corrected chi connectivity index (χ2v) is 6.78. The van der Waals surface area contributed by atoms with Crippen molar-refractivity contribution in [3.8, 4) is 0 Å². The molecule has 0 saturated carbocycles. The van der Waals surface area contributed by atoms with Crippen LogP contribution in [-0.2, 0) is 10.2 Å². The van der Waals surface area contributed by atoms with E-state index in [2.05, 4.69) is 45.0 Å². The zero-order valence-electron chi connectivity index (χ0n) is 13.0. The summed E-state index contributed by atoms with van der Waals surface area (Å²) in [6.07, 6.45) is 0.105. The molecule has 3 rings (SSSR count). The maximum absolute atomic E-state index is 10.9. The average molecular weight is 296 g/mol. The Bertz CT molecular complexity index is 678. The standard InChI is InChI=1S/C19H20O3/c1-19(2,3)15-10-8-13(9-11-15)17-16(22-17)12-4-6-14(7-5-12)18(20)21/h4-11,16-17H,1-3H3,(H,20,21). The second-order valence-electron chi connectivity index (χ2n) is 6.78. The van der Waals surface area contributed by atoms with Crippen molar-refractivity contribution in [3.05, 3.63) is 70.8 Å². The summed E-state index contributed by atoms with van der Waals surface area (Å²) in [5.74, 6) is -0.905. The fourth-order valence-electron chi connectivity index (χ4n) is 2.61. The fourth-order valence-corrected chi connectivity index (χ4v) is 2.61. The first kappa shape index (κ1) is 14.8. The van der Waals surface area contributed by atoms with Crippen molar-refractivity contribution in [1.82, 2.24) is 0 Å². The van der Waals surface area contributed by atoms with Gasteiger partial charge in [-0.15, -0.1) is 0 Å². The highest BCUT2D eigenvalue weighted by atomic mass is 16.6. The minimum absolute atomic E-state index is 0.0309. The van der Waals surface area contributed by atoms with Crippen LogP contribution in [0.25, 0.3) is 0 Å². The first-order chi connectivity index (χ1) is 10.4. The van der Waals surface area contributed by atoms with Crippen LogP contribution in [0.2, 0.25) is 0 Å². The number of epoxide rings is 1. The molecule has 0 spiro atoms. The number of aromatic carboxylic acids is 1. The molecule has 1 N–H and O–H groups in total. The van der Waals surface area contributed by atoms with E-state index in [9.17, 15) is 4.79 Å². The van der Waals surface area contributed by atoms with Crippen LogP contribution in [0.1, 0.15) is 60.0 Å². The highest BCUT2D eigenvalue weighted by Crippen LogP contribution is 2.51. The van der Waals surface area contributed by atoms with E-state index in [4.69, 9.17) is 9.84 Å². The van der Waals surface area contributed by atoms with Gasteiger partial charge in [-0.1, -0.05) is 57.2 Å². The molecule has 0 aromatic heterocycles. The van der Waals surface area contributed by atoms with Crippen LogP contribution in [0.3, 0.4) is 0 Å². The molecule has 1 heterocycles. The summed E-state index contributed by atoms with van der Waals surface area (Å²) < 4.78 is 5.77. The smallest absolute Gasteiger partial charge is 0.335 e. The third kappa shape index (κ3) is 2.90. The van der Waals surface area contributed by atoms with Gasteiger partial charge in [0.2, 0.25) is 0 Å². The van der Waals surface area contributed by atoms with E-state index in [1.807, 2.05) is 12.1 Å². The molecular weight excluding hydrogens is 276 g/mol. The number of carboxylic acid groups (broad SMARTS) is 1. The molecule has 0 bridgehead atoms. The number of carboxylic acids is 1. The maximum Gasteiger partial charge on any atom is 0.335 e. The second kappa shape index (κ2) is 5.25.